The van der Waals surface area contributed by atoms with E-state index in [-0.39, 0.29) is 18.3 Å². The summed E-state index contributed by atoms with van der Waals surface area (Å²) in [5.74, 6) is -0.105. The number of rotatable bonds is 5. The van der Waals surface area contributed by atoms with Crippen LogP contribution in [-0.2, 0) is 18.4 Å². The van der Waals surface area contributed by atoms with E-state index in [2.05, 4.69) is 10.4 Å². The van der Waals surface area contributed by atoms with Gasteiger partial charge < -0.3 is 11.1 Å². The Kier molecular flexibility index (Phi) is 6.52. The highest BCUT2D eigenvalue weighted by Gasteiger charge is 2.27. The van der Waals surface area contributed by atoms with Gasteiger partial charge in [0.2, 0.25) is 5.91 Å². The Morgan fingerprint density at radius 2 is 2.05 bits per heavy atom. The van der Waals surface area contributed by atoms with Gasteiger partial charge in [-0.3, -0.25) is 9.48 Å². The van der Waals surface area contributed by atoms with Crippen LogP contribution in [0.5, 0.6) is 0 Å². The number of nitrogens with zero attached hydrogens (tertiary/aromatic N) is 2. The molecular weight excluding hydrogens is 264 g/mol. The molecular formula is C13H25ClN4O. The highest BCUT2D eigenvalue weighted by Crippen LogP contribution is 2.13. The molecule has 3 N–H and O–H groups in total. The number of carbonyl (C=O) groups is 1. The third kappa shape index (κ3) is 4.21. The van der Waals surface area contributed by atoms with Crippen LogP contribution in [0.15, 0.2) is 0 Å². The van der Waals surface area contributed by atoms with E-state index < -0.39 is 5.54 Å². The molecule has 1 amide bonds. The molecule has 0 spiro atoms. The van der Waals surface area contributed by atoms with Gasteiger partial charge >= 0.3 is 0 Å². The van der Waals surface area contributed by atoms with Gasteiger partial charge in [0.1, 0.15) is 0 Å². The van der Waals surface area contributed by atoms with Crippen LogP contribution in [0.4, 0.5) is 0 Å². The minimum Gasteiger partial charge on any atom is -0.350 e. The molecule has 0 aliphatic rings. The largest absolute Gasteiger partial charge is 0.350 e. The molecule has 0 bridgehead atoms. The van der Waals surface area contributed by atoms with E-state index in [1.165, 1.54) is 0 Å². The van der Waals surface area contributed by atoms with Crippen molar-refractivity contribution in [2.75, 3.05) is 0 Å². The summed E-state index contributed by atoms with van der Waals surface area (Å²) in [5, 5.41) is 7.22. The minimum atomic E-state index is -0.793. The summed E-state index contributed by atoms with van der Waals surface area (Å²) in [6, 6.07) is 0. The molecule has 5 nitrogen and oxygen atoms in total. The topological polar surface area (TPSA) is 72.9 Å². The molecule has 0 radical (unpaired) electrons. The van der Waals surface area contributed by atoms with Crippen molar-refractivity contribution in [1.82, 2.24) is 15.1 Å². The zero-order valence-corrected chi connectivity index (χ0v) is 13.2. The third-order valence-corrected chi connectivity index (χ3v) is 3.37. The van der Waals surface area contributed by atoms with Gasteiger partial charge in [-0.05, 0) is 27.2 Å². The van der Waals surface area contributed by atoms with Crippen molar-refractivity contribution in [2.45, 2.75) is 52.6 Å². The molecule has 110 valence electrons. The SMILES string of the molecule is CCCC(C)(N)C(=O)NCc1c(C)nn(C)c1C.Cl. The number of hydrogen-bond acceptors (Lipinski definition) is 3. The number of halogens is 1. The van der Waals surface area contributed by atoms with Gasteiger partial charge in [0.05, 0.1) is 11.2 Å². The lowest BCUT2D eigenvalue weighted by molar-refractivity contribution is -0.126. The molecule has 1 aromatic rings. The minimum absolute atomic E-state index is 0. The maximum Gasteiger partial charge on any atom is 0.240 e. The summed E-state index contributed by atoms with van der Waals surface area (Å²) in [6.45, 7) is 8.22. The van der Waals surface area contributed by atoms with Crippen LogP contribution in [0.3, 0.4) is 0 Å². The predicted octanol–water partition coefficient (Wildman–Crippen LogP) is 1.59. The molecule has 1 aromatic heterocycles. The van der Waals surface area contributed by atoms with Crippen molar-refractivity contribution < 1.29 is 4.79 Å². The first-order chi connectivity index (χ1) is 8.29. The molecule has 1 rings (SSSR count). The van der Waals surface area contributed by atoms with Crippen LogP contribution >= 0.6 is 12.4 Å². The van der Waals surface area contributed by atoms with E-state index in [4.69, 9.17) is 5.73 Å². The highest BCUT2D eigenvalue weighted by molar-refractivity contribution is 5.85. The monoisotopic (exact) mass is 288 g/mol. The first kappa shape index (κ1) is 17.9. The number of nitrogens with one attached hydrogen (secondary N) is 1. The number of hydrogen-bond donors (Lipinski definition) is 2. The van der Waals surface area contributed by atoms with Crippen LogP contribution in [0.1, 0.15) is 43.6 Å². The molecule has 1 atom stereocenters. The second-order valence-corrected chi connectivity index (χ2v) is 5.12. The number of aryl methyl sites for hydroxylation is 2. The maximum absolute atomic E-state index is 12.0. The number of aromatic nitrogens is 2. The fraction of sp³-hybridized carbons (Fsp3) is 0.692. The summed E-state index contributed by atoms with van der Waals surface area (Å²) >= 11 is 0. The molecule has 0 saturated heterocycles. The predicted molar refractivity (Wildman–Crippen MR) is 79.3 cm³/mol. The second-order valence-electron chi connectivity index (χ2n) is 5.12. The van der Waals surface area contributed by atoms with Crippen molar-refractivity contribution in [3.63, 3.8) is 0 Å². The van der Waals surface area contributed by atoms with Crippen molar-refractivity contribution in [2.24, 2.45) is 12.8 Å². The molecule has 6 heteroatoms. The summed E-state index contributed by atoms with van der Waals surface area (Å²) in [7, 11) is 1.90. The van der Waals surface area contributed by atoms with E-state index in [9.17, 15) is 4.79 Å². The van der Waals surface area contributed by atoms with Gasteiger partial charge in [0, 0.05) is 24.8 Å². The Balaban J connectivity index is 0.00000324. The smallest absolute Gasteiger partial charge is 0.240 e. The maximum atomic E-state index is 12.0. The molecule has 0 aliphatic heterocycles. The Morgan fingerprint density at radius 1 is 1.47 bits per heavy atom. The van der Waals surface area contributed by atoms with E-state index in [1.54, 1.807) is 6.92 Å². The first-order valence-electron chi connectivity index (χ1n) is 6.35. The van der Waals surface area contributed by atoms with Crippen molar-refractivity contribution in [3.05, 3.63) is 17.0 Å². The van der Waals surface area contributed by atoms with Gasteiger partial charge in [-0.25, -0.2) is 0 Å². The highest BCUT2D eigenvalue weighted by atomic mass is 35.5. The van der Waals surface area contributed by atoms with Crippen LogP contribution in [0.25, 0.3) is 0 Å². The average molecular weight is 289 g/mol. The van der Waals surface area contributed by atoms with E-state index in [1.807, 2.05) is 32.5 Å². The molecule has 0 saturated carbocycles. The third-order valence-electron chi connectivity index (χ3n) is 3.37. The number of amides is 1. The molecule has 1 unspecified atom stereocenters. The summed E-state index contributed by atoms with van der Waals surface area (Å²) in [6.07, 6.45) is 1.58. The lowest BCUT2D eigenvalue weighted by Crippen LogP contribution is -2.51. The van der Waals surface area contributed by atoms with Crippen LogP contribution in [0.2, 0.25) is 0 Å². The lowest BCUT2D eigenvalue weighted by atomic mass is 9.96. The van der Waals surface area contributed by atoms with E-state index >= 15 is 0 Å². The van der Waals surface area contributed by atoms with Crippen LogP contribution < -0.4 is 11.1 Å². The Hall–Kier alpha value is -1.07. The van der Waals surface area contributed by atoms with Gasteiger partial charge in [-0.2, -0.15) is 5.10 Å². The van der Waals surface area contributed by atoms with Gasteiger partial charge in [0.25, 0.3) is 0 Å². The summed E-state index contributed by atoms with van der Waals surface area (Å²) in [4.78, 5) is 12.0. The van der Waals surface area contributed by atoms with Crippen LogP contribution in [0, 0.1) is 13.8 Å². The normalized spacial score (nSPS) is 13.6. The van der Waals surface area contributed by atoms with Crippen molar-refractivity contribution >= 4 is 18.3 Å². The molecule has 0 aliphatic carbocycles. The first-order valence-corrected chi connectivity index (χ1v) is 6.35. The fourth-order valence-corrected chi connectivity index (χ4v) is 2.08. The lowest BCUT2D eigenvalue weighted by Gasteiger charge is -2.22. The molecule has 1 heterocycles. The standard InChI is InChI=1S/C13H24N4O.ClH/c1-6-7-13(4,14)12(18)15-8-11-9(2)16-17(5)10(11)3;/h6-8,14H2,1-5H3,(H,15,18);1H. The van der Waals surface area contributed by atoms with Crippen LogP contribution in [-0.4, -0.2) is 21.2 Å². The Morgan fingerprint density at radius 3 is 2.47 bits per heavy atom. The molecule has 0 fully saturated rings. The molecule has 19 heavy (non-hydrogen) atoms. The summed E-state index contributed by atoms with van der Waals surface area (Å²) < 4.78 is 1.82. The van der Waals surface area contributed by atoms with Gasteiger partial charge in [-0.15, -0.1) is 12.4 Å². The zero-order chi connectivity index (χ0) is 13.9. The quantitative estimate of drug-likeness (QED) is 0.864. The Bertz CT molecular complexity index is 440. The van der Waals surface area contributed by atoms with E-state index in [0.29, 0.717) is 13.0 Å². The average Bonchev–Trinajstić information content (AvgIpc) is 2.50. The van der Waals surface area contributed by atoms with E-state index in [0.717, 1.165) is 23.4 Å². The number of nitrogens with two attached hydrogens (primary N) is 1. The summed E-state index contributed by atoms with van der Waals surface area (Å²) in [5.41, 5.74) is 8.28. The Labute approximate surface area is 121 Å². The number of carbonyl (C=O) groups excluding carboxylic acids is 1. The fourth-order valence-electron chi connectivity index (χ4n) is 2.08. The zero-order valence-electron chi connectivity index (χ0n) is 12.4. The van der Waals surface area contributed by atoms with Gasteiger partial charge in [-0.1, -0.05) is 13.3 Å². The molecule has 0 aromatic carbocycles. The second kappa shape index (κ2) is 6.91. The van der Waals surface area contributed by atoms with Crippen molar-refractivity contribution in [1.29, 1.82) is 0 Å². The van der Waals surface area contributed by atoms with Crippen molar-refractivity contribution in [3.8, 4) is 0 Å². The van der Waals surface area contributed by atoms with Gasteiger partial charge in [0.15, 0.2) is 0 Å².